The lowest BCUT2D eigenvalue weighted by molar-refractivity contribution is 0.0943. The Morgan fingerprint density at radius 2 is 2.11 bits per heavy atom. The van der Waals surface area contributed by atoms with Gasteiger partial charge in [0.1, 0.15) is 0 Å². The number of likely N-dealkylation sites (N-methyl/N-ethyl adjacent to an activating group) is 1. The van der Waals surface area contributed by atoms with E-state index < -0.39 is 17.7 Å². The fourth-order valence-corrected chi connectivity index (χ4v) is 1.76. The molecule has 0 aromatic carbocycles. The highest BCUT2D eigenvalue weighted by Gasteiger charge is 2.15. The van der Waals surface area contributed by atoms with Crippen molar-refractivity contribution in [1.29, 1.82) is 0 Å². The van der Waals surface area contributed by atoms with Crippen LogP contribution in [0.3, 0.4) is 0 Å². The summed E-state index contributed by atoms with van der Waals surface area (Å²) in [5.41, 5.74) is -0.314. The fourth-order valence-electron chi connectivity index (χ4n) is 1.76. The first-order chi connectivity index (χ1) is 9.10. The average molecular weight is 271 g/mol. The molecule has 0 aliphatic heterocycles. The van der Waals surface area contributed by atoms with Crippen LogP contribution in [0.5, 0.6) is 0 Å². The number of amides is 1. The van der Waals surface area contributed by atoms with Crippen molar-refractivity contribution in [3.63, 3.8) is 0 Å². The first-order valence-electron chi connectivity index (χ1n) is 6.40. The highest BCUT2D eigenvalue weighted by molar-refractivity contribution is 5.94. The number of rotatable bonds is 7. The molecule has 1 rings (SSSR count). The zero-order valence-corrected chi connectivity index (χ0v) is 11.2. The normalized spacial score (nSPS) is 10.8. The van der Waals surface area contributed by atoms with E-state index >= 15 is 0 Å². The summed E-state index contributed by atoms with van der Waals surface area (Å²) in [6.45, 7) is 7.04. The van der Waals surface area contributed by atoms with Crippen LogP contribution < -0.4 is 5.32 Å². The van der Waals surface area contributed by atoms with Gasteiger partial charge in [0, 0.05) is 19.3 Å². The van der Waals surface area contributed by atoms with Gasteiger partial charge in [0.05, 0.1) is 5.56 Å². The van der Waals surface area contributed by atoms with Gasteiger partial charge < -0.3 is 10.2 Å². The molecule has 1 N–H and O–H groups in total. The third kappa shape index (κ3) is 4.55. The van der Waals surface area contributed by atoms with Crippen LogP contribution in [0.1, 0.15) is 30.6 Å². The number of hydrogen-bond acceptors (Lipinski definition) is 3. The molecule has 0 atom stereocenters. The molecule has 0 radical (unpaired) electrons. The van der Waals surface area contributed by atoms with E-state index in [1.54, 1.807) is 0 Å². The van der Waals surface area contributed by atoms with Gasteiger partial charge in [0.25, 0.3) is 5.91 Å². The maximum atomic E-state index is 13.3. The number of carbonyl (C=O) groups is 1. The Morgan fingerprint density at radius 1 is 1.37 bits per heavy atom. The van der Waals surface area contributed by atoms with Crippen molar-refractivity contribution < 1.29 is 13.6 Å². The lowest BCUT2D eigenvalue weighted by atomic mass is 10.2. The van der Waals surface area contributed by atoms with Gasteiger partial charge in [-0.3, -0.25) is 4.79 Å². The van der Waals surface area contributed by atoms with Crippen LogP contribution in [-0.2, 0) is 0 Å². The van der Waals surface area contributed by atoms with E-state index in [2.05, 4.69) is 22.1 Å². The van der Waals surface area contributed by atoms with E-state index in [-0.39, 0.29) is 5.56 Å². The molecule has 106 valence electrons. The monoisotopic (exact) mass is 271 g/mol. The van der Waals surface area contributed by atoms with Gasteiger partial charge in [0.2, 0.25) is 5.95 Å². The van der Waals surface area contributed by atoms with Crippen molar-refractivity contribution in [3.05, 3.63) is 29.6 Å². The van der Waals surface area contributed by atoms with Gasteiger partial charge >= 0.3 is 0 Å². The summed E-state index contributed by atoms with van der Waals surface area (Å²) in [5.74, 6) is -3.08. The van der Waals surface area contributed by atoms with Gasteiger partial charge in [-0.15, -0.1) is 0 Å². The predicted molar refractivity (Wildman–Crippen MR) is 68.9 cm³/mol. The maximum absolute atomic E-state index is 13.3. The molecule has 0 fully saturated rings. The van der Waals surface area contributed by atoms with Crippen molar-refractivity contribution in [2.24, 2.45) is 0 Å². The fraction of sp³-hybridized carbons (Fsp3) is 0.538. The molecule has 1 heterocycles. The lowest BCUT2D eigenvalue weighted by Gasteiger charge is -2.19. The van der Waals surface area contributed by atoms with E-state index in [1.165, 1.54) is 0 Å². The van der Waals surface area contributed by atoms with Crippen LogP contribution in [0, 0.1) is 11.8 Å². The number of hydrogen-bond donors (Lipinski definition) is 1. The van der Waals surface area contributed by atoms with Gasteiger partial charge in [-0.2, -0.15) is 4.39 Å². The standard InChI is InChI=1S/C13H19F2N3O/c1-3-8-18(4-2)9-7-17-13(19)10-5-6-16-12(15)11(10)14/h5-6H,3-4,7-9H2,1-2H3,(H,17,19). The van der Waals surface area contributed by atoms with Crippen LogP contribution in [0.4, 0.5) is 8.78 Å². The Morgan fingerprint density at radius 3 is 2.74 bits per heavy atom. The second kappa shape index (κ2) is 7.78. The molecule has 0 saturated heterocycles. The molecule has 0 aliphatic rings. The maximum Gasteiger partial charge on any atom is 0.254 e. The SMILES string of the molecule is CCCN(CC)CCNC(=O)c1ccnc(F)c1F. The van der Waals surface area contributed by atoms with Crippen LogP contribution >= 0.6 is 0 Å². The number of nitrogens with zero attached hydrogens (tertiary/aromatic N) is 2. The summed E-state index contributed by atoms with van der Waals surface area (Å²) >= 11 is 0. The molecule has 0 unspecified atom stereocenters. The molecule has 1 amide bonds. The van der Waals surface area contributed by atoms with Gasteiger partial charge in [-0.1, -0.05) is 13.8 Å². The second-order valence-electron chi connectivity index (χ2n) is 4.15. The highest BCUT2D eigenvalue weighted by Crippen LogP contribution is 2.08. The molecule has 1 aromatic rings. The van der Waals surface area contributed by atoms with Crippen molar-refractivity contribution in [2.75, 3.05) is 26.2 Å². The van der Waals surface area contributed by atoms with E-state index in [1.807, 2.05) is 6.92 Å². The van der Waals surface area contributed by atoms with Crippen molar-refractivity contribution in [3.8, 4) is 0 Å². The minimum Gasteiger partial charge on any atom is -0.351 e. The van der Waals surface area contributed by atoms with Crippen LogP contribution in [0.15, 0.2) is 12.3 Å². The Hall–Kier alpha value is -1.56. The Bertz CT molecular complexity index is 426. The molecule has 19 heavy (non-hydrogen) atoms. The van der Waals surface area contributed by atoms with Gasteiger partial charge in [-0.25, -0.2) is 9.37 Å². The summed E-state index contributed by atoms with van der Waals surface area (Å²) < 4.78 is 26.2. The van der Waals surface area contributed by atoms with Gasteiger partial charge in [0.15, 0.2) is 5.82 Å². The summed E-state index contributed by atoms with van der Waals surface area (Å²) in [4.78, 5) is 17.0. The predicted octanol–water partition coefficient (Wildman–Crippen LogP) is 1.82. The van der Waals surface area contributed by atoms with Crippen molar-refractivity contribution >= 4 is 5.91 Å². The molecular formula is C13H19F2N3O. The molecule has 0 saturated carbocycles. The third-order valence-corrected chi connectivity index (χ3v) is 2.79. The third-order valence-electron chi connectivity index (χ3n) is 2.79. The van der Waals surface area contributed by atoms with Crippen LogP contribution in [0.25, 0.3) is 0 Å². The summed E-state index contributed by atoms with van der Waals surface area (Å²) in [6.07, 6.45) is 2.11. The van der Waals surface area contributed by atoms with E-state index in [4.69, 9.17) is 0 Å². The Kier molecular flexibility index (Phi) is 6.35. The minimum absolute atomic E-state index is 0.314. The first kappa shape index (κ1) is 15.5. The molecule has 0 spiro atoms. The molecule has 1 aromatic heterocycles. The van der Waals surface area contributed by atoms with E-state index in [0.717, 1.165) is 31.8 Å². The molecule has 6 heteroatoms. The first-order valence-corrected chi connectivity index (χ1v) is 6.40. The second-order valence-corrected chi connectivity index (χ2v) is 4.15. The zero-order chi connectivity index (χ0) is 14.3. The highest BCUT2D eigenvalue weighted by atomic mass is 19.2. The Balaban J connectivity index is 2.49. The number of pyridine rings is 1. The molecular weight excluding hydrogens is 252 g/mol. The number of halogens is 2. The van der Waals surface area contributed by atoms with Crippen LogP contribution in [0.2, 0.25) is 0 Å². The zero-order valence-electron chi connectivity index (χ0n) is 11.2. The van der Waals surface area contributed by atoms with E-state index in [0.29, 0.717) is 13.1 Å². The Labute approximate surface area is 111 Å². The van der Waals surface area contributed by atoms with Crippen LogP contribution in [-0.4, -0.2) is 42.0 Å². The molecule has 0 bridgehead atoms. The molecule has 0 aliphatic carbocycles. The quantitative estimate of drug-likeness (QED) is 0.769. The smallest absolute Gasteiger partial charge is 0.254 e. The minimum atomic E-state index is -1.26. The summed E-state index contributed by atoms with van der Waals surface area (Å²) in [5, 5.41) is 2.58. The number of carbonyl (C=O) groups excluding carboxylic acids is 1. The molecule has 4 nitrogen and oxygen atoms in total. The summed E-state index contributed by atoms with van der Waals surface area (Å²) in [6, 6.07) is 1.16. The lowest BCUT2D eigenvalue weighted by Crippen LogP contribution is -2.35. The number of aromatic nitrogens is 1. The summed E-state index contributed by atoms with van der Waals surface area (Å²) in [7, 11) is 0. The number of nitrogens with one attached hydrogen (secondary N) is 1. The van der Waals surface area contributed by atoms with Crippen molar-refractivity contribution in [1.82, 2.24) is 15.2 Å². The average Bonchev–Trinajstić information content (AvgIpc) is 2.40. The van der Waals surface area contributed by atoms with E-state index in [9.17, 15) is 13.6 Å². The van der Waals surface area contributed by atoms with Gasteiger partial charge in [-0.05, 0) is 25.6 Å². The van der Waals surface area contributed by atoms with Crippen molar-refractivity contribution in [2.45, 2.75) is 20.3 Å². The largest absolute Gasteiger partial charge is 0.351 e. The topological polar surface area (TPSA) is 45.2 Å².